The number of H-pyrrole nitrogens is 1. The highest BCUT2D eigenvalue weighted by Crippen LogP contribution is 2.00. The topological polar surface area (TPSA) is 79.4 Å². The molecule has 15 heavy (non-hydrogen) atoms. The molecule has 0 radical (unpaired) electrons. The van der Waals surface area contributed by atoms with Crippen LogP contribution in [0.25, 0.3) is 0 Å². The van der Waals surface area contributed by atoms with Gasteiger partial charge in [0.25, 0.3) is 0 Å². The summed E-state index contributed by atoms with van der Waals surface area (Å²) < 4.78 is 4.62. The Hall–Kier alpha value is -1.85. The van der Waals surface area contributed by atoms with Crippen LogP contribution in [0.3, 0.4) is 0 Å². The summed E-state index contributed by atoms with van der Waals surface area (Å²) in [6.45, 7) is 5.78. The number of aromatic nitrogens is 2. The lowest BCUT2D eigenvalue weighted by Gasteiger charge is -1.97. The van der Waals surface area contributed by atoms with E-state index < -0.39 is 6.09 Å². The Labute approximate surface area is 87.7 Å². The number of hydrazone groups is 1. The maximum atomic E-state index is 10.8. The van der Waals surface area contributed by atoms with E-state index in [0.29, 0.717) is 12.3 Å². The number of carbonyl (C=O) groups excluding carboxylic acids is 1. The van der Waals surface area contributed by atoms with Crippen LogP contribution in [-0.2, 0) is 4.74 Å². The van der Waals surface area contributed by atoms with Crippen molar-refractivity contribution in [3.8, 4) is 0 Å². The van der Waals surface area contributed by atoms with Gasteiger partial charge in [0.15, 0.2) is 0 Å². The molecule has 0 atom stereocenters. The summed E-state index contributed by atoms with van der Waals surface area (Å²) in [6, 6.07) is 0. The predicted molar refractivity (Wildman–Crippen MR) is 55.8 cm³/mol. The molecule has 0 aromatic carbocycles. The van der Waals surface area contributed by atoms with Gasteiger partial charge in [-0.25, -0.2) is 15.2 Å². The van der Waals surface area contributed by atoms with E-state index >= 15 is 0 Å². The van der Waals surface area contributed by atoms with Crippen molar-refractivity contribution in [2.75, 3.05) is 6.61 Å². The molecule has 1 heterocycles. The zero-order chi connectivity index (χ0) is 11.3. The second-order valence-electron chi connectivity index (χ2n) is 2.92. The highest BCUT2D eigenvalue weighted by Gasteiger charge is 2.00. The lowest BCUT2D eigenvalue weighted by atomic mass is 10.4. The van der Waals surface area contributed by atoms with Gasteiger partial charge in [-0.2, -0.15) is 5.10 Å². The zero-order valence-electron chi connectivity index (χ0n) is 9.00. The summed E-state index contributed by atoms with van der Waals surface area (Å²) in [5.74, 6) is 0.810. The van der Waals surface area contributed by atoms with Crippen LogP contribution in [0.4, 0.5) is 4.79 Å². The molecule has 0 fully saturated rings. The van der Waals surface area contributed by atoms with Gasteiger partial charge in [0, 0.05) is 5.69 Å². The predicted octanol–water partition coefficient (Wildman–Crippen LogP) is 1.11. The van der Waals surface area contributed by atoms with Gasteiger partial charge in [-0.1, -0.05) is 0 Å². The molecule has 0 saturated heterocycles. The minimum absolute atomic E-state index is 0.321. The van der Waals surface area contributed by atoms with Crippen LogP contribution in [0.15, 0.2) is 5.10 Å². The van der Waals surface area contributed by atoms with Crippen LogP contribution >= 0.6 is 0 Å². The standard InChI is InChI=1S/C9H14N4O2/c1-4-15-9(14)13-10-5-8-6(2)11-7(3)12-8/h5H,4H2,1-3H3,(H,11,12)(H,13,14)/b10-5+. The fraction of sp³-hybridized carbons (Fsp3) is 0.444. The van der Waals surface area contributed by atoms with Crippen molar-refractivity contribution in [3.05, 3.63) is 17.2 Å². The smallest absolute Gasteiger partial charge is 0.427 e. The molecule has 0 aliphatic carbocycles. The molecule has 1 rings (SSSR count). The average molecular weight is 210 g/mol. The van der Waals surface area contributed by atoms with Gasteiger partial charge in [0.05, 0.1) is 12.8 Å². The van der Waals surface area contributed by atoms with Crippen LogP contribution in [0.1, 0.15) is 24.1 Å². The van der Waals surface area contributed by atoms with E-state index in [1.54, 1.807) is 6.92 Å². The third-order valence-corrected chi connectivity index (χ3v) is 1.66. The third kappa shape index (κ3) is 3.41. The van der Waals surface area contributed by atoms with E-state index in [1.807, 2.05) is 13.8 Å². The Bertz CT molecular complexity index is 370. The lowest BCUT2D eigenvalue weighted by molar-refractivity contribution is 0.152. The molecular weight excluding hydrogens is 196 g/mol. The van der Waals surface area contributed by atoms with Crippen LogP contribution in [0.2, 0.25) is 0 Å². The third-order valence-electron chi connectivity index (χ3n) is 1.66. The number of imidazole rings is 1. The maximum absolute atomic E-state index is 10.8. The van der Waals surface area contributed by atoms with Gasteiger partial charge in [-0.3, -0.25) is 0 Å². The van der Waals surface area contributed by atoms with Gasteiger partial charge in [0.2, 0.25) is 0 Å². The summed E-state index contributed by atoms with van der Waals surface area (Å²) >= 11 is 0. The average Bonchev–Trinajstić information content (AvgIpc) is 2.46. The molecule has 1 amide bonds. The molecule has 0 unspecified atom stereocenters. The number of carbonyl (C=O) groups is 1. The van der Waals surface area contributed by atoms with Crippen molar-refractivity contribution in [2.24, 2.45) is 5.10 Å². The van der Waals surface area contributed by atoms with E-state index in [2.05, 4.69) is 25.2 Å². The number of ether oxygens (including phenoxy) is 1. The zero-order valence-corrected chi connectivity index (χ0v) is 9.00. The van der Waals surface area contributed by atoms with Crippen LogP contribution in [0.5, 0.6) is 0 Å². The summed E-state index contributed by atoms with van der Waals surface area (Å²) in [6.07, 6.45) is 0.897. The molecule has 0 saturated carbocycles. The number of aromatic amines is 1. The second-order valence-corrected chi connectivity index (χ2v) is 2.92. The van der Waals surface area contributed by atoms with Gasteiger partial charge in [0.1, 0.15) is 11.5 Å². The maximum Gasteiger partial charge on any atom is 0.427 e. The van der Waals surface area contributed by atoms with E-state index in [-0.39, 0.29) is 0 Å². The van der Waals surface area contributed by atoms with Crippen molar-refractivity contribution < 1.29 is 9.53 Å². The number of amides is 1. The number of hydrogen-bond donors (Lipinski definition) is 2. The lowest BCUT2D eigenvalue weighted by Crippen LogP contribution is -2.18. The Morgan fingerprint density at radius 2 is 2.40 bits per heavy atom. The molecule has 1 aromatic heterocycles. The quantitative estimate of drug-likeness (QED) is 0.579. The van der Waals surface area contributed by atoms with Crippen LogP contribution in [0, 0.1) is 13.8 Å². The number of aryl methyl sites for hydroxylation is 2. The first-order valence-electron chi connectivity index (χ1n) is 4.62. The van der Waals surface area contributed by atoms with Crippen molar-refractivity contribution in [2.45, 2.75) is 20.8 Å². The largest absolute Gasteiger partial charge is 0.449 e. The molecule has 6 nitrogen and oxygen atoms in total. The van der Waals surface area contributed by atoms with Crippen molar-refractivity contribution in [3.63, 3.8) is 0 Å². The van der Waals surface area contributed by atoms with E-state index in [0.717, 1.165) is 11.5 Å². The van der Waals surface area contributed by atoms with Crippen LogP contribution < -0.4 is 5.43 Å². The van der Waals surface area contributed by atoms with Gasteiger partial charge >= 0.3 is 6.09 Å². The summed E-state index contributed by atoms with van der Waals surface area (Å²) in [7, 11) is 0. The number of nitrogens with one attached hydrogen (secondary N) is 2. The molecule has 0 aliphatic heterocycles. The normalized spacial score (nSPS) is 10.6. The molecule has 82 valence electrons. The Morgan fingerprint density at radius 3 is 2.93 bits per heavy atom. The summed E-state index contributed by atoms with van der Waals surface area (Å²) in [5, 5.41) is 3.70. The second kappa shape index (κ2) is 5.14. The highest BCUT2D eigenvalue weighted by molar-refractivity contribution is 5.79. The number of rotatable bonds is 3. The summed E-state index contributed by atoms with van der Waals surface area (Å²) in [5.41, 5.74) is 3.83. The molecule has 0 spiro atoms. The van der Waals surface area contributed by atoms with E-state index in [4.69, 9.17) is 0 Å². The molecule has 1 aromatic rings. The van der Waals surface area contributed by atoms with E-state index in [1.165, 1.54) is 6.21 Å². The minimum atomic E-state index is -0.571. The fourth-order valence-corrected chi connectivity index (χ4v) is 1.06. The molecule has 6 heteroatoms. The first kappa shape index (κ1) is 11.2. The molecule has 0 aliphatic rings. The van der Waals surface area contributed by atoms with Crippen molar-refractivity contribution >= 4 is 12.3 Å². The minimum Gasteiger partial charge on any atom is -0.449 e. The Balaban J connectivity index is 2.51. The number of nitrogens with zero attached hydrogens (tertiary/aromatic N) is 2. The fourth-order valence-electron chi connectivity index (χ4n) is 1.06. The first-order valence-corrected chi connectivity index (χ1v) is 4.62. The van der Waals surface area contributed by atoms with Gasteiger partial charge in [-0.05, 0) is 20.8 Å². The summed E-state index contributed by atoms with van der Waals surface area (Å²) in [4.78, 5) is 18.0. The monoisotopic (exact) mass is 210 g/mol. The highest BCUT2D eigenvalue weighted by atomic mass is 16.5. The van der Waals surface area contributed by atoms with Crippen molar-refractivity contribution in [1.29, 1.82) is 0 Å². The Morgan fingerprint density at radius 1 is 1.67 bits per heavy atom. The molecule has 2 N–H and O–H groups in total. The van der Waals surface area contributed by atoms with Gasteiger partial charge in [-0.15, -0.1) is 0 Å². The Kier molecular flexibility index (Phi) is 3.84. The first-order chi connectivity index (χ1) is 7.13. The van der Waals surface area contributed by atoms with Gasteiger partial charge < -0.3 is 9.72 Å². The van der Waals surface area contributed by atoms with E-state index in [9.17, 15) is 4.79 Å². The molecule has 0 bridgehead atoms. The van der Waals surface area contributed by atoms with Crippen LogP contribution in [-0.4, -0.2) is 28.9 Å². The SMILES string of the molecule is CCOC(=O)N/N=C/c1nc(C)[nH]c1C. The van der Waals surface area contributed by atoms with Crippen molar-refractivity contribution in [1.82, 2.24) is 15.4 Å². The molecular formula is C9H14N4O2. The number of hydrogen-bond acceptors (Lipinski definition) is 4.